The fourth-order valence-electron chi connectivity index (χ4n) is 0.921. The smallest absolute Gasteiger partial charge is 0.170 e. The van der Waals surface area contributed by atoms with Crippen LogP contribution in [0, 0.1) is 9.39 Å². The number of benzene rings is 1. The molecule has 0 heterocycles. The molecule has 0 fully saturated rings. The summed E-state index contributed by atoms with van der Waals surface area (Å²) in [5.41, 5.74) is 5.88. The van der Waals surface area contributed by atoms with Crippen LogP contribution in [0.15, 0.2) is 12.1 Å². The SMILES string of the molecule is COc1ccc(I)c(CN)c1F. The Bertz CT molecular complexity index is 291. The van der Waals surface area contributed by atoms with Crippen molar-refractivity contribution in [2.24, 2.45) is 5.73 Å². The first-order valence-corrected chi connectivity index (χ1v) is 4.49. The quantitative estimate of drug-likeness (QED) is 0.840. The summed E-state index contributed by atoms with van der Waals surface area (Å²) in [5, 5.41) is 0. The van der Waals surface area contributed by atoms with Gasteiger partial charge in [0.25, 0.3) is 0 Å². The van der Waals surface area contributed by atoms with Crippen LogP contribution in [0.3, 0.4) is 0 Å². The van der Waals surface area contributed by atoms with Crippen LogP contribution in [0.5, 0.6) is 5.75 Å². The lowest BCUT2D eigenvalue weighted by atomic mass is 10.2. The van der Waals surface area contributed by atoms with Gasteiger partial charge in [0.15, 0.2) is 11.6 Å². The summed E-state index contributed by atoms with van der Waals surface area (Å²) in [4.78, 5) is 0. The zero-order chi connectivity index (χ0) is 9.14. The number of hydrogen-bond acceptors (Lipinski definition) is 2. The van der Waals surface area contributed by atoms with Crippen LogP contribution in [-0.2, 0) is 6.54 Å². The van der Waals surface area contributed by atoms with Crippen molar-refractivity contribution in [3.63, 3.8) is 0 Å². The van der Waals surface area contributed by atoms with E-state index in [1.165, 1.54) is 7.11 Å². The van der Waals surface area contributed by atoms with E-state index in [1.807, 2.05) is 22.6 Å². The van der Waals surface area contributed by atoms with Crippen molar-refractivity contribution in [2.45, 2.75) is 6.54 Å². The standard InChI is InChI=1S/C8H9FINO/c1-12-7-3-2-6(10)5(4-11)8(7)9/h2-3H,4,11H2,1H3. The van der Waals surface area contributed by atoms with Gasteiger partial charge in [-0.3, -0.25) is 0 Å². The zero-order valence-corrected chi connectivity index (χ0v) is 8.76. The Hall–Kier alpha value is -0.360. The predicted octanol–water partition coefficient (Wildman–Crippen LogP) is 1.90. The molecular weight excluding hydrogens is 272 g/mol. The molecule has 12 heavy (non-hydrogen) atoms. The average molecular weight is 281 g/mol. The summed E-state index contributed by atoms with van der Waals surface area (Å²) in [5.74, 6) is -0.109. The van der Waals surface area contributed by atoms with Gasteiger partial charge in [-0.1, -0.05) is 0 Å². The zero-order valence-electron chi connectivity index (χ0n) is 6.60. The lowest BCUT2D eigenvalue weighted by Crippen LogP contribution is -2.04. The topological polar surface area (TPSA) is 35.2 Å². The predicted molar refractivity (Wildman–Crippen MR) is 53.6 cm³/mol. The molecule has 1 aromatic rings. The minimum Gasteiger partial charge on any atom is -0.494 e. The lowest BCUT2D eigenvalue weighted by molar-refractivity contribution is 0.384. The fraction of sp³-hybridized carbons (Fsp3) is 0.250. The van der Waals surface area contributed by atoms with Crippen molar-refractivity contribution in [2.75, 3.05) is 7.11 Å². The number of methoxy groups -OCH3 is 1. The van der Waals surface area contributed by atoms with Crippen molar-refractivity contribution in [1.29, 1.82) is 0 Å². The molecule has 0 unspecified atom stereocenters. The van der Waals surface area contributed by atoms with Crippen molar-refractivity contribution in [1.82, 2.24) is 0 Å². The van der Waals surface area contributed by atoms with Crippen LogP contribution in [0.25, 0.3) is 0 Å². The average Bonchev–Trinajstić information content (AvgIpc) is 2.06. The molecule has 0 atom stereocenters. The van der Waals surface area contributed by atoms with E-state index in [9.17, 15) is 4.39 Å². The van der Waals surface area contributed by atoms with Gasteiger partial charge in [0, 0.05) is 15.7 Å². The van der Waals surface area contributed by atoms with Crippen LogP contribution >= 0.6 is 22.6 Å². The van der Waals surface area contributed by atoms with Gasteiger partial charge in [0.2, 0.25) is 0 Å². The summed E-state index contributed by atoms with van der Waals surface area (Å²) >= 11 is 2.04. The van der Waals surface area contributed by atoms with E-state index in [0.29, 0.717) is 5.56 Å². The normalized spacial score (nSPS) is 10.0. The maximum atomic E-state index is 13.3. The first kappa shape index (κ1) is 9.73. The highest BCUT2D eigenvalue weighted by molar-refractivity contribution is 14.1. The third-order valence-electron chi connectivity index (χ3n) is 1.57. The molecule has 0 saturated carbocycles. The Morgan fingerprint density at radius 1 is 1.58 bits per heavy atom. The van der Waals surface area contributed by atoms with Crippen molar-refractivity contribution in [3.8, 4) is 5.75 Å². The van der Waals surface area contributed by atoms with Gasteiger partial charge in [-0.15, -0.1) is 0 Å². The highest BCUT2D eigenvalue weighted by Gasteiger charge is 2.10. The number of rotatable bonds is 2. The van der Waals surface area contributed by atoms with Crippen molar-refractivity contribution in [3.05, 3.63) is 27.1 Å². The van der Waals surface area contributed by atoms with E-state index in [4.69, 9.17) is 10.5 Å². The first-order valence-electron chi connectivity index (χ1n) is 3.41. The van der Waals surface area contributed by atoms with Crippen molar-refractivity contribution >= 4 is 22.6 Å². The van der Waals surface area contributed by atoms with E-state index in [2.05, 4.69) is 0 Å². The van der Waals surface area contributed by atoms with E-state index >= 15 is 0 Å². The molecule has 1 rings (SSSR count). The van der Waals surface area contributed by atoms with Gasteiger partial charge in [-0.25, -0.2) is 4.39 Å². The van der Waals surface area contributed by atoms with Gasteiger partial charge in [-0.2, -0.15) is 0 Å². The van der Waals surface area contributed by atoms with Crippen molar-refractivity contribution < 1.29 is 9.13 Å². The van der Waals surface area contributed by atoms with Gasteiger partial charge >= 0.3 is 0 Å². The van der Waals surface area contributed by atoms with Crippen LogP contribution in [-0.4, -0.2) is 7.11 Å². The molecule has 0 aliphatic carbocycles. The molecule has 2 nitrogen and oxygen atoms in total. The Morgan fingerprint density at radius 3 is 2.75 bits per heavy atom. The highest BCUT2D eigenvalue weighted by Crippen LogP contribution is 2.24. The summed E-state index contributed by atoms with van der Waals surface area (Å²) in [7, 11) is 1.44. The van der Waals surface area contributed by atoms with E-state index in [-0.39, 0.29) is 18.1 Å². The Kier molecular flexibility index (Phi) is 3.28. The second-order valence-electron chi connectivity index (χ2n) is 2.25. The molecule has 0 aliphatic rings. The minimum atomic E-state index is -0.355. The number of nitrogens with two attached hydrogens (primary N) is 1. The fourth-order valence-corrected chi connectivity index (χ4v) is 1.56. The molecule has 4 heteroatoms. The van der Waals surface area contributed by atoms with Crippen LogP contribution in [0.2, 0.25) is 0 Å². The van der Waals surface area contributed by atoms with Gasteiger partial charge in [-0.05, 0) is 34.7 Å². The lowest BCUT2D eigenvalue weighted by Gasteiger charge is -2.07. The molecule has 0 aliphatic heterocycles. The summed E-state index contributed by atoms with van der Waals surface area (Å²) in [6, 6.07) is 3.38. The monoisotopic (exact) mass is 281 g/mol. The molecule has 0 amide bonds. The third kappa shape index (κ3) is 1.69. The maximum absolute atomic E-state index is 13.3. The molecule has 1 aromatic carbocycles. The van der Waals surface area contributed by atoms with E-state index < -0.39 is 0 Å². The Morgan fingerprint density at radius 2 is 2.25 bits per heavy atom. The number of hydrogen-bond donors (Lipinski definition) is 1. The van der Waals surface area contributed by atoms with Gasteiger partial charge < -0.3 is 10.5 Å². The molecule has 66 valence electrons. The van der Waals surface area contributed by atoms with Gasteiger partial charge in [0.1, 0.15) is 0 Å². The second-order valence-corrected chi connectivity index (χ2v) is 3.41. The van der Waals surface area contributed by atoms with E-state index in [0.717, 1.165) is 3.57 Å². The highest BCUT2D eigenvalue weighted by atomic mass is 127. The Balaban J connectivity index is 3.24. The maximum Gasteiger partial charge on any atom is 0.170 e. The van der Waals surface area contributed by atoms with E-state index in [1.54, 1.807) is 12.1 Å². The van der Waals surface area contributed by atoms with Gasteiger partial charge in [0.05, 0.1) is 7.11 Å². The van der Waals surface area contributed by atoms with Crippen LogP contribution < -0.4 is 10.5 Å². The van der Waals surface area contributed by atoms with Crippen LogP contribution in [0.4, 0.5) is 4.39 Å². The number of halogens is 2. The molecule has 0 bridgehead atoms. The second kappa shape index (κ2) is 4.04. The summed E-state index contributed by atoms with van der Waals surface area (Å²) in [6.45, 7) is 0.196. The largest absolute Gasteiger partial charge is 0.494 e. The first-order chi connectivity index (χ1) is 5.70. The van der Waals surface area contributed by atoms with Crippen LogP contribution in [0.1, 0.15) is 5.56 Å². The summed E-state index contributed by atoms with van der Waals surface area (Å²) < 4.78 is 19.0. The summed E-state index contributed by atoms with van der Waals surface area (Å²) in [6.07, 6.45) is 0. The number of ether oxygens (including phenoxy) is 1. The Labute approximate surface area is 84.0 Å². The molecule has 0 saturated heterocycles. The molecule has 0 spiro atoms. The minimum absolute atomic E-state index is 0.196. The molecule has 0 aromatic heterocycles. The molecule has 0 radical (unpaired) electrons. The molecule has 2 N–H and O–H groups in total. The third-order valence-corrected chi connectivity index (χ3v) is 2.59. The molecular formula is C8H9FINO.